The number of rotatable bonds is 5. The molecule has 0 aliphatic rings. The maximum atomic E-state index is 11.9. The SMILES string of the molecule is OCC(O)COC(F)(F)CF. The monoisotopic (exact) mass is 174 g/mol. The van der Waals surface area contributed by atoms with Crippen molar-refractivity contribution in [3.8, 4) is 0 Å². The van der Waals surface area contributed by atoms with Crippen molar-refractivity contribution in [1.29, 1.82) is 0 Å². The molecule has 0 amide bonds. The summed E-state index contributed by atoms with van der Waals surface area (Å²) >= 11 is 0. The van der Waals surface area contributed by atoms with E-state index in [9.17, 15) is 13.2 Å². The first-order valence-electron chi connectivity index (χ1n) is 2.88. The first kappa shape index (κ1) is 10.7. The third-order valence-electron chi connectivity index (χ3n) is 0.853. The van der Waals surface area contributed by atoms with Gasteiger partial charge in [0.05, 0.1) is 13.2 Å². The molecule has 0 saturated carbocycles. The highest BCUT2D eigenvalue weighted by atomic mass is 19.3. The average Bonchev–Trinajstić information content (AvgIpc) is 2.00. The molecule has 2 N–H and O–H groups in total. The van der Waals surface area contributed by atoms with Gasteiger partial charge >= 0.3 is 6.11 Å². The van der Waals surface area contributed by atoms with Crippen LogP contribution in [0.2, 0.25) is 0 Å². The number of ether oxygens (including phenoxy) is 1. The number of hydrogen-bond donors (Lipinski definition) is 2. The molecule has 0 bridgehead atoms. The van der Waals surface area contributed by atoms with Crippen molar-refractivity contribution in [1.82, 2.24) is 0 Å². The third-order valence-corrected chi connectivity index (χ3v) is 0.853. The summed E-state index contributed by atoms with van der Waals surface area (Å²) in [5.74, 6) is 0. The van der Waals surface area contributed by atoms with E-state index in [-0.39, 0.29) is 0 Å². The summed E-state index contributed by atoms with van der Waals surface area (Å²) in [6, 6.07) is 0. The van der Waals surface area contributed by atoms with Crippen LogP contribution in [0.25, 0.3) is 0 Å². The van der Waals surface area contributed by atoms with Crippen molar-refractivity contribution in [2.75, 3.05) is 19.9 Å². The molecular formula is C5H9F3O3. The lowest BCUT2D eigenvalue weighted by atomic mass is 10.4. The quantitative estimate of drug-likeness (QED) is 0.612. The fourth-order valence-corrected chi connectivity index (χ4v) is 0.309. The Labute approximate surface area is 61.4 Å². The highest BCUT2D eigenvalue weighted by Gasteiger charge is 2.30. The number of aliphatic hydroxyl groups excluding tert-OH is 2. The lowest BCUT2D eigenvalue weighted by Crippen LogP contribution is -2.30. The second-order valence-corrected chi connectivity index (χ2v) is 1.92. The lowest BCUT2D eigenvalue weighted by Gasteiger charge is -2.14. The van der Waals surface area contributed by atoms with E-state index in [1.54, 1.807) is 0 Å². The largest absolute Gasteiger partial charge is 0.394 e. The van der Waals surface area contributed by atoms with Crippen LogP contribution in [0.1, 0.15) is 0 Å². The first-order chi connectivity index (χ1) is 5.02. The van der Waals surface area contributed by atoms with Crippen molar-refractivity contribution in [2.24, 2.45) is 0 Å². The third kappa shape index (κ3) is 5.00. The molecule has 0 radical (unpaired) electrons. The summed E-state index contributed by atoms with van der Waals surface area (Å²) in [6.07, 6.45) is -5.26. The molecule has 0 fully saturated rings. The van der Waals surface area contributed by atoms with Gasteiger partial charge in [0.1, 0.15) is 6.10 Å². The van der Waals surface area contributed by atoms with Gasteiger partial charge in [-0.1, -0.05) is 0 Å². The lowest BCUT2D eigenvalue weighted by molar-refractivity contribution is -0.256. The molecule has 3 nitrogen and oxygen atoms in total. The van der Waals surface area contributed by atoms with Crippen LogP contribution >= 0.6 is 0 Å². The summed E-state index contributed by atoms with van der Waals surface area (Å²) in [5.41, 5.74) is 0. The van der Waals surface area contributed by atoms with E-state index in [1.165, 1.54) is 0 Å². The summed E-state index contributed by atoms with van der Waals surface area (Å²) in [6.45, 7) is -3.42. The number of aliphatic hydroxyl groups is 2. The Morgan fingerprint density at radius 1 is 1.45 bits per heavy atom. The van der Waals surface area contributed by atoms with Crippen molar-refractivity contribution < 1.29 is 28.1 Å². The van der Waals surface area contributed by atoms with E-state index in [4.69, 9.17) is 10.2 Å². The zero-order valence-corrected chi connectivity index (χ0v) is 5.64. The molecule has 0 aliphatic carbocycles. The summed E-state index contributed by atoms with van der Waals surface area (Å²) in [5, 5.41) is 16.6. The van der Waals surface area contributed by atoms with E-state index in [0.29, 0.717) is 0 Å². The second kappa shape index (κ2) is 4.53. The molecule has 0 aliphatic heterocycles. The zero-order chi connectivity index (χ0) is 8.91. The highest BCUT2D eigenvalue weighted by Crippen LogP contribution is 2.15. The Bertz CT molecular complexity index is 109. The molecule has 0 aromatic heterocycles. The average molecular weight is 174 g/mol. The van der Waals surface area contributed by atoms with Crippen molar-refractivity contribution in [3.05, 3.63) is 0 Å². The van der Waals surface area contributed by atoms with E-state index >= 15 is 0 Å². The Hall–Kier alpha value is -0.330. The minimum Gasteiger partial charge on any atom is -0.394 e. The highest BCUT2D eigenvalue weighted by molar-refractivity contribution is 4.54. The van der Waals surface area contributed by atoms with Gasteiger partial charge in [-0.05, 0) is 0 Å². The summed E-state index contributed by atoms with van der Waals surface area (Å²) < 4.78 is 38.6. The van der Waals surface area contributed by atoms with Crippen LogP contribution in [0.3, 0.4) is 0 Å². The van der Waals surface area contributed by atoms with Gasteiger partial charge in [-0.3, -0.25) is 0 Å². The fourth-order valence-electron chi connectivity index (χ4n) is 0.309. The van der Waals surface area contributed by atoms with E-state index in [2.05, 4.69) is 4.74 Å². The molecule has 0 aromatic carbocycles. The zero-order valence-electron chi connectivity index (χ0n) is 5.64. The smallest absolute Gasteiger partial charge is 0.384 e. The molecular weight excluding hydrogens is 165 g/mol. The van der Waals surface area contributed by atoms with Crippen molar-refractivity contribution in [2.45, 2.75) is 12.2 Å². The molecule has 1 atom stereocenters. The van der Waals surface area contributed by atoms with Gasteiger partial charge < -0.3 is 14.9 Å². The second-order valence-electron chi connectivity index (χ2n) is 1.92. The van der Waals surface area contributed by atoms with Crippen LogP contribution in [0.15, 0.2) is 0 Å². The first-order valence-corrected chi connectivity index (χ1v) is 2.88. The maximum Gasteiger partial charge on any atom is 0.384 e. The minimum absolute atomic E-state index is 0.692. The Morgan fingerprint density at radius 3 is 2.36 bits per heavy atom. The molecule has 1 unspecified atom stereocenters. The Balaban J connectivity index is 3.52. The molecule has 68 valence electrons. The molecule has 0 spiro atoms. The number of halogens is 3. The predicted octanol–water partition coefficient (Wildman–Crippen LogP) is -0.0815. The van der Waals surface area contributed by atoms with Gasteiger partial charge in [-0.15, -0.1) is 0 Å². The number of hydrogen-bond acceptors (Lipinski definition) is 3. The maximum absolute atomic E-state index is 11.9. The molecule has 11 heavy (non-hydrogen) atoms. The Morgan fingerprint density at radius 2 is 2.00 bits per heavy atom. The van der Waals surface area contributed by atoms with Crippen LogP contribution in [0.4, 0.5) is 13.2 Å². The van der Waals surface area contributed by atoms with Gasteiger partial charge in [0, 0.05) is 0 Å². The van der Waals surface area contributed by atoms with E-state index in [1.807, 2.05) is 0 Å². The Kier molecular flexibility index (Phi) is 4.39. The van der Waals surface area contributed by atoms with E-state index in [0.717, 1.165) is 0 Å². The van der Waals surface area contributed by atoms with Crippen LogP contribution in [0.5, 0.6) is 0 Å². The summed E-state index contributed by atoms with van der Waals surface area (Å²) in [4.78, 5) is 0. The normalized spacial score (nSPS) is 15.0. The summed E-state index contributed by atoms with van der Waals surface area (Å²) in [7, 11) is 0. The topological polar surface area (TPSA) is 49.7 Å². The van der Waals surface area contributed by atoms with Crippen LogP contribution in [0, 0.1) is 0 Å². The molecule has 0 heterocycles. The molecule has 0 saturated heterocycles. The van der Waals surface area contributed by atoms with Crippen molar-refractivity contribution >= 4 is 0 Å². The molecule has 0 aromatic rings. The van der Waals surface area contributed by atoms with Gasteiger partial charge in [0.25, 0.3) is 0 Å². The van der Waals surface area contributed by atoms with Gasteiger partial charge in [0.2, 0.25) is 0 Å². The molecule has 0 rings (SSSR count). The standard InChI is InChI=1S/C5H9F3O3/c6-3-5(7,8)11-2-4(10)1-9/h4,9-10H,1-3H2. The van der Waals surface area contributed by atoms with Gasteiger partial charge in [0.15, 0.2) is 6.67 Å². The van der Waals surface area contributed by atoms with Gasteiger partial charge in [-0.2, -0.15) is 8.78 Å². The molecule has 6 heteroatoms. The van der Waals surface area contributed by atoms with Crippen molar-refractivity contribution in [3.63, 3.8) is 0 Å². The van der Waals surface area contributed by atoms with Gasteiger partial charge in [-0.25, -0.2) is 4.39 Å². The fraction of sp³-hybridized carbons (Fsp3) is 1.00. The van der Waals surface area contributed by atoms with Crippen LogP contribution in [-0.2, 0) is 4.74 Å². The predicted molar refractivity (Wildman–Crippen MR) is 30.0 cm³/mol. The van der Waals surface area contributed by atoms with Crippen LogP contribution < -0.4 is 0 Å². The van der Waals surface area contributed by atoms with Crippen LogP contribution in [-0.4, -0.2) is 42.3 Å². The minimum atomic E-state index is -3.86. The van der Waals surface area contributed by atoms with E-state index < -0.39 is 32.1 Å². The number of alkyl halides is 3.